The first kappa shape index (κ1) is 17.1. The summed E-state index contributed by atoms with van der Waals surface area (Å²) in [5.41, 5.74) is 2.19. The van der Waals surface area contributed by atoms with Crippen molar-refractivity contribution in [3.05, 3.63) is 27.0 Å². The third-order valence-electron chi connectivity index (χ3n) is 3.72. The summed E-state index contributed by atoms with van der Waals surface area (Å²) in [6, 6.07) is 0. The first-order valence-electron chi connectivity index (χ1n) is 7.11. The first-order valence-corrected chi connectivity index (χ1v) is 9.37. The molecule has 6 nitrogen and oxygen atoms in total. The van der Waals surface area contributed by atoms with Crippen LogP contribution in [-0.4, -0.2) is 41.1 Å². The van der Waals surface area contributed by atoms with Crippen molar-refractivity contribution in [1.29, 1.82) is 0 Å². The number of rotatable bonds is 5. The van der Waals surface area contributed by atoms with Crippen LogP contribution in [0.5, 0.6) is 0 Å². The number of aromatic nitrogens is 3. The molecule has 0 amide bonds. The monoisotopic (exact) mass is 342 g/mol. The maximum Gasteiger partial charge on any atom is 0.246 e. The second-order valence-corrected chi connectivity index (χ2v) is 8.59. The predicted molar refractivity (Wildman–Crippen MR) is 87.9 cm³/mol. The fourth-order valence-electron chi connectivity index (χ4n) is 2.39. The lowest BCUT2D eigenvalue weighted by Gasteiger charge is -2.15. The Bertz CT molecular complexity index is 790. The molecule has 0 aromatic carbocycles. The molecule has 0 atom stereocenters. The third-order valence-corrected chi connectivity index (χ3v) is 6.96. The maximum absolute atomic E-state index is 12.6. The van der Waals surface area contributed by atoms with E-state index in [0.717, 1.165) is 15.6 Å². The van der Waals surface area contributed by atoms with Gasteiger partial charge in [0.25, 0.3) is 0 Å². The minimum atomic E-state index is -3.49. The maximum atomic E-state index is 12.6. The highest BCUT2D eigenvalue weighted by Gasteiger charge is 2.28. The summed E-state index contributed by atoms with van der Waals surface area (Å²) in [6.45, 7) is 10.3. The highest BCUT2D eigenvalue weighted by Crippen LogP contribution is 2.25. The Balaban J connectivity index is 2.46. The number of aryl methyl sites for hydroxylation is 3. The van der Waals surface area contributed by atoms with E-state index in [1.165, 1.54) is 4.31 Å². The van der Waals surface area contributed by atoms with Crippen LogP contribution in [0.15, 0.2) is 4.90 Å². The Morgan fingerprint density at radius 2 is 1.82 bits per heavy atom. The van der Waals surface area contributed by atoms with Crippen molar-refractivity contribution >= 4 is 21.4 Å². The zero-order valence-corrected chi connectivity index (χ0v) is 15.5. The SMILES string of the molecule is CCN(C)S(=O)(=O)c1c(C)nn(Cc2sc(C)nc2C)c1C. The first-order chi connectivity index (χ1) is 10.2. The van der Waals surface area contributed by atoms with Crippen LogP contribution in [0.25, 0.3) is 0 Å². The van der Waals surface area contributed by atoms with E-state index in [1.807, 2.05) is 20.8 Å². The summed E-state index contributed by atoms with van der Waals surface area (Å²) in [4.78, 5) is 5.83. The fourth-order valence-corrected chi connectivity index (χ4v) is 4.85. The smallest absolute Gasteiger partial charge is 0.246 e. The van der Waals surface area contributed by atoms with Crippen LogP contribution in [0.3, 0.4) is 0 Å². The summed E-state index contributed by atoms with van der Waals surface area (Å²) >= 11 is 1.62. The molecule has 0 fully saturated rings. The summed E-state index contributed by atoms with van der Waals surface area (Å²) in [5.74, 6) is 0. The molecule has 0 bridgehead atoms. The molecule has 0 saturated carbocycles. The van der Waals surface area contributed by atoms with Crippen molar-refractivity contribution in [2.45, 2.75) is 46.1 Å². The summed E-state index contributed by atoms with van der Waals surface area (Å²) in [7, 11) is -1.90. The highest BCUT2D eigenvalue weighted by atomic mass is 32.2. The van der Waals surface area contributed by atoms with Crippen LogP contribution in [0.2, 0.25) is 0 Å². The lowest BCUT2D eigenvalue weighted by atomic mass is 10.3. The lowest BCUT2D eigenvalue weighted by molar-refractivity contribution is 0.485. The van der Waals surface area contributed by atoms with Gasteiger partial charge in [0.2, 0.25) is 10.0 Å². The normalized spacial score (nSPS) is 12.3. The predicted octanol–water partition coefficient (Wildman–Crippen LogP) is 2.26. The molecule has 0 unspecified atom stereocenters. The lowest BCUT2D eigenvalue weighted by Crippen LogP contribution is -2.27. The number of hydrogen-bond donors (Lipinski definition) is 0. The van der Waals surface area contributed by atoms with Crippen molar-refractivity contribution < 1.29 is 8.42 Å². The Kier molecular flexibility index (Phi) is 4.74. The van der Waals surface area contributed by atoms with E-state index in [2.05, 4.69) is 10.1 Å². The van der Waals surface area contributed by atoms with Crippen LogP contribution < -0.4 is 0 Å². The van der Waals surface area contributed by atoms with Crippen molar-refractivity contribution in [2.75, 3.05) is 13.6 Å². The van der Waals surface area contributed by atoms with Crippen molar-refractivity contribution in [3.63, 3.8) is 0 Å². The highest BCUT2D eigenvalue weighted by molar-refractivity contribution is 7.89. The molecule has 122 valence electrons. The molecule has 0 aliphatic heterocycles. The van der Waals surface area contributed by atoms with Gasteiger partial charge < -0.3 is 0 Å². The van der Waals surface area contributed by atoms with Crippen molar-refractivity contribution in [2.24, 2.45) is 0 Å². The van der Waals surface area contributed by atoms with E-state index in [4.69, 9.17) is 0 Å². The van der Waals surface area contributed by atoms with Crippen LogP contribution in [0, 0.1) is 27.7 Å². The number of hydrogen-bond acceptors (Lipinski definition) is 5. The number of nitrogens with zero attached hydrogens (tertiary/aromatic N) is 4. The van der Waals surface area contributed by atoms with Gasteiger partial charge in [-0.15, -0.1) is 11.3 Å². The molecular formula is C14H22N4O2S2. The molecule has 0 N–H and O–H groups in total. The van der Waals surface area contributed by atoms with Gasteiger partial charge in [0.15, 0.2) is 0 Å². The van der Waals surface area contributed by atoms with Gasteiger partial charge >= 0.3 is 0 Å². The van der Waals surface area contributed by atoms with Gasteiger partial charge in [-0.2, -0.15) is 5.10 Å². The largest absolute Gasteiger partial charge is 0.263 e. The fraction of sp³-hybridized carbons (Fsp3) is 0.571. The number of thiazole rings is 1. The van der Waals surface area contributed by atoms with Gasteiger partial charge in [-0.05, 0) is 27.7 Å². The quantitative estimate of drug-likeness (QED) is 0.836. The molecule has 0 aliphatic rings. The molecule has 0 radical (unpaired) electrons. The Labute approximate surface area is 135 Å². The van der Waals surface area contributed by atoms with Crippen LogP contribution in [-0.2, 0) is 16.6 Å². The summed E-state index contributed by atoms with van der Waals surface area (Å²) in [6.07, 6.45) is 0. The van der Waals surface area contributed by atoms with Gasteiger partial charge in [-0.3, -0.25) is 4.68 Å². The van der Waals surface area contributed by atoms with Crippen LogP contribution in [0.1, 0.15) is 33.9 Å². The molecule has 8 heteroatoms. The van der Waals surface area contributed by atoms with E-state index in [0.29, 0.717) is 29.4 Å². The molecule has 2 aromatic heterocycles. The third kappa shape index (κ3) is 2.95. The second-order valence-electron chi connectivity index (χ2n) is 5.32. The molecule has 2 rings (SSSR count). The average Bonchev–Trinajstić information content (AvgIpc) is 2.88. The average molecular weight is 342 g/mol. The topological polar surface area (TPSA) is 68.1 Å². The van der Waals surface area contributed by atoms with E-state index in [1.54, 1.807) is 36.9 Å². The van der Waals surface area contributed by atoms with E-state index in [9.17, 15) is 8.42 Å². The second kappa shape index (κ2) is 6.10. The van der Waals surface area contributed by atoms with Gasteiger partial charge in [0.05, 0.1) is 28.6 Å². The van der Waals surface area contributed by atoms with Gasteiger partial charge in [-0.1, -0.05) is 6.92 Å². The van der Waals surface area contributed by atoms with Gasteiger partial charge in [0.1, 0.15) is 4.90 Å². The molecule has 0 spiro atoms. The number of sulfonamides is 1. The van der Waals surface area contributed by atoms with Gasteiger partial charge in [-0.25, -0.2) is 17.7 Å². The minimum absolute atomic E-state index is 0.316. The Hall–Kier alpha value is -1.25. The molecule has 22 heavy (non-hydrogen) atoms. The standard InChI is InChI=1S/C14H22N4O2S2/c1-7-17(6)22(19,20)14-10(3)16-18(11(14)4)8-13-9(2)15-12(5)21-13/h7-8H2,1-6H3. The Morgan fingerprint density at radius 3 is 2.32 bits per heavy atom. The van der Waals surface area contributed by atoms with Gasteiger partial charge in [0, 0.05) is 18.5 Å². The van der Waals surface area contributed by atoms with Crippen LogP contribution in [0.4, 0.5) is 0 Å². The molecule has 2 heterocycles. The molecule has 0 saturated heterocycles. The van der Waals surface area contributed by atoms with E-state index >= 15 is 0 Å². The summed E-state index contributed by atoms with van der Waals surface area (Å²) < 4.78 is 28.3. The van der Waals surface area contributed by atoms with Crippen molar-refractivity contribution in [3.8, 4) is 0 Å². The van der Waals surface area contributed by atoms with E-state index in [-0.39, 0.29) is 0 Å². The molecule has 2 aromatic rings. The molecular weight excluding hydrogens is 320 g/mol. The summed E-state index contributed by atoms with van der Waals surface area (Å²) in [5, 5.41) is 5.44. The zero-order valence-electron chi connectivity index (χ0n) is 13.8. The minimum Gasteiger partial charge on any atom is -0.263 e. The van der Waals surface area contributed by atoms with Crippen LogP contribution >= 0.6 is 11.3 Å². The van der Waals surface area contributed by atoms with Crippen molar-refractivity contribution in [1.82, 2.24) is 19.1 Å². The molecule has 0 aliphatic carbocycles. The zero-order chi connectivity index (χ0) is 16.7. The Morgan fingerprint density at radius 1 is 1.18 bits per heavy atom. The van der Waals surface area contributed by atoms with E-state index < -0.39 is 10.0 Å².